The Balaban J connectivity index is 0. The van der Waals surface area contributed by atoms with Crippen LogP contribution >= 0.6 is 0 Å². The van der Waals surface area contributed by atoms with Gasteiger partial charge in [-0.05, 0) is 0 Å². The van der Waals surface area contributed by atoms with Gasteiger partial charge < -0.3 is 11.0 Å². The quantitative estimate of drug-likeness (QED) is 0.466. The van der Waals surface area contributed by atoms with E-state index in [1.807, 2.05) is 0 Å². The van der Waals surface area contributed by atoms with Crippen LogP contribution < -0.4 is 0 Å². The van der Waals surface area contributed by atoms with Gasteiger partial charge in [0.1, 0.15) is 0 Å². The normalized spacial score (nSPS) is 0. The molecule has 2 nitrogen and oxygen atoms in total. The SMILES string of the molecule is [Ce].[Hf].[O-2].[O-2].[Zr+4]. The van der Waals surface area contributed by atoms with E-state index >= 15 is 0 Å². The van der Waals surface area contributed by atoms with Crippen molar-refractivity contribution in [3.05, 3.63) is 0 Å². The van der Waals surface area contributed by atoms with Crippen molar-refractivity contribution < 1.29 is 105 Å². The van der Waals surface area contributed by atoms with E-state index in [0.717, 1.165) is 0 Å². The minimum atomic E-state index is 0. The van der Waals surface area contributed by atoms with Gasteiger partial charge in [0, 0.05) is 67.6 Å². The average molecular weight is 442 g/mol. The molecule has 0 unspecified atom stereocenters. The summed E-state index contributed by atoms with van der Waals surface area (Å²) in [7, 11) is 0. The summed E-state index contributed by atoms with van der Waals surface area (Å²) in [4.78, 5) is 0. The van der Waals surface area contributed by atoms with Gasteiger partial charge in [-0.2, -0.15) is 0 Å². The molecule has 0 aromatic carbocycles. The van der Waals surface area contributed by atoms with Crippen molar-refractivity contribution in [2.45, 2.75) is 0 Å². The molecule has 0 amide bonds. The van der Waals surface area contributed by atoms with Crippen LogP contribution in [-0.4, -0.2) is 0 Å². The number of hydrogen-bond acceptors (Lipinski definition) is 0. The molecule has 0 aromatic heterocycles. The fraction of sp³-hybridized carbons (Fsp3) is 0. The molecule has 0 saturated carbocycles. The van der Waals surface area contributed by atoms with E-state index in [2.05, 4.69) is 0 Å². The molecule has 0 spiro atoms. The largest absolute Gasteiger partial charge is 4.00 e. The second-order valence-electron chi connectivity index (χ2n) is 0. The molecule has 0 N–H and O–H groups in total. The maximum absolute atomic E-state index is 0. The fourth-order valence-corrected chi connectivity index (χ4v) is 0. The summed E-state index contributed by atoms with van der Waals surface area (Å²) in [6.07, 6.45) is 0. The second-order valence-corrected chi connectivity index (χ2v) is 0. The van der Waals surface area contributed by atoms with Crippen LogP contribution in [0.5, 0.6) is 0 Å². The summed E-state index contributed by atoms with van der Waals surface area (Å²) in [6.45, 7) is 0. The molecule has 0 radical (unpaired) electrons. The van der Waals surface area contributed by atoms with Crippen LogP contribution in [0.2, 0.25) is 0 Å². The number of rotatable bonds is 0. The first-order valence-corrected chi connectivity index (χ1v) is 0. The molecule has 5 heteroatoms. The summed E-state index contributed by atoms with van der Waals surface area (Å²) in [6, 6.07) is 0. The molecular weight excluding hydrogens is 442 g/mol. The molecule has 24 valence electrons. The first-order valence-electron chi connectivity index (χ1n) is 0. The van der Waals surface area contributed by atoms with Gasteiger partial charge in [0.2, 0.25) is 0 Å². The molecule has 0 atom stereocenters. The van der Waals surface area contributed by atoms with E-state index in [0.29, 0.717) is 0 Å². The first kappa shape index (κ1) is 43.0. The molecule has 0 aliphatic carbocycles. The maximum Gasteiger partial charge on any atom is 4.00 e. The van der Waals surface area contributed by atoms with Crippen LogP contribution in [0.25, 0.3) is 0 Å². The predicted octanol–water partition coefficient (Wildman–Crippen LogP) is -0.243. The van der Waals surface area contributed by atoms with Gasteiger partial charge in [0.15, 0.2) is 0 Å². The molecule has 0 fully saturated rings. The van der Waals surface area contributed by atoms with E-state index in [1.54, 1.807) is 0 Å². The molecule has 0 heterocycles. The Hall–Kier alpha value is 3.05. The average Bonchev–Trinajstić information content (AvgIpc) is 0. The molecule has 0 saturated heterocycles. The molecule has 0 aliphatic rings. The van der Waals surface area contributed by atoms with Crippen LogP contribution in [0, 0.1) is 41.7 Å². The zero-order valence-corrected chi connectivity index (χ0v) is 11.5. The summed E-state index contributed by atoms with van der Waals surface area (Å²) in [5, 5.41) is 0. The summed E-state index contributed by atoms with van der Waals surface area (Å²) in [5.74, 6) is 0. The summed E-state index contributed by atoms with van der Waals surface area (Å²) >= 11 is 0. The van der Waals surface area contributed by atoms with Crippen molar-refractivity contribution in [1.82, 2.24) is 0 Å². The third-order valence-electron chi connectivity index (χ3n) is 0. The van der Waals surface area contributed by atoms with Crippen molar-refractivity contribution in [1.29, 1.82) is 0 Å². The van der Waals surface area contributed by atoms with E-state index in [9.17, 15) is 0 Å². The van der Waals surface area contributed by atoms with Gasteiger partial charge in [-0.25, -0.2) is 0 Å². The van der Waals surface area contributed by atoms with Crippen molar-refractivity contribution in [3.8, 4) is 0 Å². The minimum absolute atomic E-state index is 0. The van der Waals surface area contributed by atoms with Crippen LogP contribution in [0.3, 0.4) is 0 Å². The van der Waals surface area contributed by atoms with Gasteiger partial charge >= 0.3 is 26.2 Å². The zero-order valence-electron chi connectivity index (χ0n) is 2.32. The zero-order chi connectivity index (χ0) is 0. The first-order chi connectivity index (χ1) is 0. The Labute approximate surface area is 102 Å². The van der Waals surface area contributed by atoms with Crippen molar-refractivity contribution in [2.75, 3.05) is 0 Å². The minimum Gasteiger partial charge on any atom is -2.00 e. The summed E-state index contributed by atoms with van der Waals surface area (Å²) in [5.41, 5.74) is 0. The second kappa shape index (κ2) is 27.7. The monoisotopic (exact) mass is 442 g/mol. The van der Waals surface area contributed by atoms with E-state index in [1.165, 1.54) is 0 Å². The van der Waals surface area contributed by atoms with E-state index in [-0.39, 0.29) is 105 Å². The van der Waals surface area contributed by atoms with Crippen molar-refractivity contribution in [3.63, 3.8) is 0 Å². The molecule has 0 rings (SSSR count). The predicted molar refractivity (Wildman–Crippen MR) is 1.37 cm³/mol. The van der Waals surface area contributed by atoms with Crippen LogP contribution in [-0.2, 0) is 63.0 Å². The fourth-order valence-electron chi connectivity index (χ4n) is 0. The number of hydrogen-bond donors (Lipinski definition) is 0. The van der Waals surface area contributed by atoms with Crippen molar-refractivity contribution in [2.24, 2.45) is 0 Å². The molecule has 0 aromatic rings. The van der Waals surface area contributed by atoms with Gasteiger partial charge in [-0.15, -0.1) is 0 Å². The van der Waals surface area contributed by atoms with Gasteiger partial charge in [0.25, 0.3) is 0 Å². The smallest absolute Gasteiger partial charge is 2.00 e. The maximum atomic E-state index is 0. The molecule has 0 bridgehead atoms. The third-order valence-corrected chi connectivity index (χ3v) is 0. The topological polar surface area (TPSA) is 57.0 Å². The third kappa shape index (κ3) is 19.3. The molecule has 5 heavy (non-hydrogen) atoms. The van der Waals surface area contributed by atoms with E-state index < -0.39 is 0 Å². The van der Waals surface area contributed by atoms with Crippen molar-refractivity contribution >= 4 is 0 Å². The summed E-state index contributed by atoms with van der Waals surface area (Å²) < 4.78 is 0. The molecular formula is CeHfO2Zr. The van der Waals surface area contributed by atoms with E-state index in [4.69, 9.17) is 0 Å². The molecule has 0 aliphatic heterocycles. The van der Waals surface area contributed by atoms with Crippen LogP contribution in [0.1, 0.15) is 0 Å². The Bertz CT molecular complexity index is 9.61. The standard InChI is InChI=1S/Ce.Hf.2O.Zr/q;;2*-2;+4. The Kier molecular flexibility index (Phi) is 239. The Morgan fingerprint density at radius 1 is 0.800 bits per heavy atom. The van der Waals surface area contributed by atoms with Gasteiger partial charge in [0.05, 0.1) is 0 Å². The van der Waals surface area contributed by atoms with Gasteiger partial charge in [-0.1, -0.05) is 0 Å². The van der Waals surface area contributed by atoms with Gasteiger partial charge in [-0.3, -0.25) is 0 Å². The Morgan fingerprint density at radius 3 is 0.800 bits per heavy atom. The van der Waals surface area contributed by atoms with Crippen LogP contribution in [0.15, 0.2) is 0 Å². The Morgan fingerprint density at radius 2 is 0.800 bits per heavy atom. The van der Waals surface area contributed by atoms with Crippen LogP contribution in [0.4, 0.5) is 0 Å².